The van der Waals surface area contributed by atoms with Crippen molar-refractivity contribution in [1.82, 2.24) is 20.2 Å². The SMILES string of the molecule is CCN(CC)C[C@H](C)CNC(=O)c1cc(-c2ccccn2)nc2ccccc12. The lowest BCUT2D eigenvalue weighted by molar-refractivity contribution is 0.0946. The Kier molecular flexibility index (Phi) is 6.71. The summed E-state index contributed by atoms with van der Waals surface area (Å²) in [4.78, 5) is 24.4. The molecule has 0 radical (unpaired) electrons. The molecule has 2 heterocycles. The van der Waals surface area contributed by atoms with E-state index in [2.05, 4.69) is 36.0 Å². The summed E-state index contributed by atoms with van der Waals surface area (Å²) < 4.78 is 0. The number of para-hydroxylation sites is 1. The third kappa shape index (κ3) is 4.73. The number of carbonyl (C=O) groups excluding carboxylic acids is 1. The van der Waals surface area contributed by atoms with Crippen molar-refractivity contribution in [2.24, 2.45) is 5.92 Å². The Balaban J connectivity index is 1.84. The second-order valence-electron chi connectivity index (χ2n) is 7.09. The van der Waals surface area contributed by atoms with Gasteiger partial charge in [0.25, 0.3) is 5.91 Å². The lowest BCUT2D eigenvalue weighted by atomic mass is 10.0. The first-order valence-electron chi connectivity index (χ1n) is 9.94. The van der Waals surface area contributed by atoms with E-state index < -0.39 is 0 Å². The normalized spacial score (nSPS) is 12.3. The fraction of sp³-hybridized carbons (Fsp3) is 0.348. The van der Waals surface area contributed by atoms with Crippen LogP contribution in [0.4, 0.5) is 0 Å². The quantitative estimate of drug-likeness (QED) is 0.645. The predicted octanol–water partition coefficient (Wildman–Crippen LogP) is 4.00. The lowest BCUT2D eigenvalue weighted by Crippen LogP contribution is -2.35. The van der Waals surface area contributed by atoms with Crippen LogP contribution in [0, 0.1) is 5.92 Å². The molecule has 5 heteroatoms. The average molecular weight is 377 g/mol. The van der Waals surface area contributed by atoms with Gasteiger partial charge in [0.1, 0.15) is 0 Å². The first-order valence-corrected chi connectivity index (χ1v) is 9.94. The molecular formula is C23H28N4O. The smallest absolute Gasteiger partial charge is 0.252 e. The molecule has 0 aliphatic heterocycles. The van der Waals surface area contributed by atoms with Gasteiger partial charge < -0.3 is 10.2 Å². The van der Waals surface area contributed by atoms with Crippen molar-refractivity contribution < 1.29 is 4.79 Å². The Morgan fingerprint density at radius 3 is 2.54 bits per heavy atom. The maximum atomic E-state index is 13.0. The highest BCUT2D eigenvalue weighted by Gasteiger charge is 2.15. The van der Waals surface area contributed by atoms with E-state index in [1.807, 2.05) is 48.5 Å². The highest BCUT2D eigenvalue weighted by molar-refractivity contribution is 6.07. The van der Waals surface area contributed by atoms with E-state index in [-0.39, 0.29) is 5.91 Å². The van der Waals surface area contributed by atoms with Crippen LogP contribution in [0.1, 0.15) is 31.1 Å². The van der Waals surface area contributed by atoms with Gasteiger partial charge in [0.15, 0.2) is 0 Å². The van der Waals surface area contributed by atoms with Crippen molar-refractivity contribution in [3.05, 3.63) is 60.3 Å². The molecule has 1 amide bonds. The lowest BCUT2D eigenvalue weighted by Gasteiger charge is -2.23. The first-order chi connectivity index (χ1) is 13.6. The van der Waals surface area contributed by atoms with Crippen LogP contribution in [0.15, 0.2) is 54.7 Å². The van der Waals surface area contributed by atoms with Gasteiger partial charge in [-0.25, -0.2) is 4.98 Å². The molecule has 5 nitrogen and oxygen atoms in total. The van der Waals surface area contributed by atoms with Crippen LogP contribution in [0.5, 0.6) is 0 Å². The Hall–Kier alpha value is -2.79. The second-order valence-corrected chi connectivity index (χ2v) is 7.09. The Labute approximate surface area is 166 Å². The number of pyridine rings is 2. The van der Waals surface area contributed by atoms with Gasteiger partial charge in [-0.15, -0.1) is 0 Å². The van der Waals surface area contributed by atoms with Crippen LogP contribution in [-0.2, 0) is 0 Å². The largest absolute Gasteiger partial charge is 0.352 e. The number of nitrogens with one attached hydrogen (secondary N) is 1. The monoisotopic (exact) mass is 376 g/mol. The molecule has 0 bridgehead atoms. The molecule has 1 N–H and O–H groups in total. The highest BCUT2D eigenvalue weighted by atomic mass is 16.1. The molecule has 3 rings (SSSR count). The Morgan fingerprint density at radius 1 is 1.07 bits per heavy atom. The molecular weight excluding hydrogens is 348 g/mol. The van der Waals surface area contributed by atoms with Crippen LogP contribution in [0.3, 0.4) is 0 Å². The van der Waals surface area contributed by atoms with E-state index >= 15 is 0 Å². The summed E-state index contributed by atoms with van der Waals surface area (Å²) in [6.45, 7) is 10.2. The number of hydrogen-bond donors (Lipinski definition) is 1. The summed E-state index contributed by atoms with van der Waals surface area (Å²) in [5.41, 5.74) is 2.91. The van der Waals surface area contributed by atoms with Crippen molar-refractivity contribution in [2.75, 3.05) is 26.2 Å². The fourth-order valence-corrected chi connectivity index (χ4v) is 3.36. The fourth-order valence-electron chi connectivity index (χ4n) is 3.36. The summed E-state index contributed by atoms with van der Waals surface area (Å²) in [5.74, 6) is 0.314. The van der Waals surface area contributed by atoms with Crippen molar-refractivity contribution in [2.45, 2.75) is 20.8 Å². The summed E-state index contributed by atoms with van der Waals surface area (Å²) in [6, 6.07) is 15.3. The van der Waals surface area contributed by atoms with E-state index in [1.165, 1.54) is 0 Å². The van der Waals surface area contributed by atoms with E-state index in [1.54, 1.807) is 6.20 Å². The summed E-state index contributed by atoms with van der Waals surface area (Å²) in [5, 5.41) is 3.97. The topological polar surface area (TPSA) is 58.1 Å². The number of nitrogens with zero attached hydrogens (tertiary/aromatic N) is 3. The van der Waals surface area contributed by atoms with Crippen molar-refractivity contribution in [3.8, 4) is 11.4 Å². The summed E-state index contributed by atoms with van der Waals surface area (Å²) in [7, 11) is 0. The van der Waals surface area contributed by atoms with Crippen molar-refractivity contribution in [3.63, 3.8) is 0 Å². The average Bonchev–Trinajstić information content (AvgIpc) is 2.75. The van der Waals surface area contributed by atoms with Gasteiger partial charge in [0.2, 0.25) is 0 Å². The van der Waals surface area contributed by atoms with Crippen molar-refractivity contribution in [1.29, 1.82) is 0 Å². The molecule has 28 heavy (non-hydrogen) atoms. The molecule has 0 saturated carbocycles. The van der Waals surface area contributed by atoms with Crippen LogP contribution in [-0.4, -0.2) is 47.0 Å². The molecule has 0 spiro atoms. The molecule has 0 aliphatic carbocycles. The van der Waals surface area contributed by atoms with E-state index in [9.17, 15) is 4.79 Å². The second kappa shape index (κ2) is 9.42. The number of aromatic nitrogens is 2. The number of rotatable bonds is 8. The van der Waals surface area contributed by atoms with E-state index in [0.29, 0.717) is 23.7 Å². The minimum atomic E-state index is -0.0674. The molecule has 1 aromatic carbocycles. The Morgan fingerprint density at radius 2 is 1.82 bits per heavy atom. The molecule has 146 valence electrons. The Bertz CT molecular complexity index is 922. The number of amides is 1. The number of carbonyl (C=O) groups is 1. The van der Waals surface area contributed by atoms with Gasteiger partial charge in [0.05, 0.1) is 22.5 Å². The zero-order valence-electron chi connectivity index (χ0n) is 16.9. The van der Waals surface area contributed by atoms with Gasteiger partial charge in [0, 0.05) is 24.7 Å². The van der Waals surface area contributed by atoms with Crippen LogP contribution < -0.4 is 5.32 Å². The van der Waals surface area contributed by atoms with Crippen LogP contribution >= 0.6 is 0 Å². The van der Waals surface area contributed by atoms with Crippen molar-refractivity contribution >= 4 is 16.8 Å². The van der Waals surface area contributed by atoms with Gasteiger partial charge in [-0.05, 0) is 43.3 Å². The minimum absolute atomic E-state index is 0.0674. The third-order valence-corrected chi connectivity index (χ3v) is 4.96. The van der Waals surface area contributed by atoms with Crippen LogP contribution in [0.25, 0.3) is 22.3 Å². The highest BCUT2D eigenvalue weighted by Crippen LogP contribution is 2.23. The molecule has 0 aliphatic rings. The summed E-state index contributed by atoms with van der Waals surface area (Å²) in [6.07, 6.45) is 1.74. The number of fused-ring (bicyclic) bond motifs is 1. The zero-order chi connectivity index (χ0) is 19.9. The first kappa shape index (κ1) is 20.0. The van der Waals surface area contributed by atoms with E-state index in [4.69, 9.17) is 4.98 Å². The van der Waals surface area contributed by atoms with E-state index in [0.717, 1.165) is 36.2 Å². The summed E-state index contributed by atoms with van der Waals surface area (Å²) >= 11 is 0. The predicted molar refractivity (Wildman–Crippen MR) is 114 cm³/mol. The molecule has 0 fully saturated rings. The maximum absolute atomic E-state index is 13.0. The molecule has 0 unspecified atom stereocenters. The van der Waals surface area contributed by atoms with Gasteiger partial charge in [-0.1, -0.05) is 45.0 Å². The molecule has 0 saturated heterocycles. The molecule has 1 atom stereocenters. The minimum Gasteiger partial charge on any atom is -0.352 e. The van der Waals surface area contributed by atoms with Gasteiger partial charge >= 0.3 is 0 Å². The van der Waals surface area contributed by atoms with Crippen LogP contribution in [0.2, 0.25) is 0 Å². The molecule has 3 aromatic rings. The number of hydrogen-bond acceptors (Lipinski definition) is 4. The van der Waals surface area contributed by atoms with Gasteiger partial charge in [-0.2, -0.15) is 0 Å². The van der Waals surface area contributed by atoms with Gasteiger partial charge in [-0.3, -0.25) is 9.78 Å². The standard InChI is InChI=1S/C23H28N4O/c1-4-27(5-2)16-17(3)15-25-23(28)19-14-22(21-12-8-9-13-24-21)26-20-11-7-6-10-18(19)20/h6-14,17H,4-5,15-16H2,1-3H3,(H,25,28)/t17-/m1/s1. The third-order valence-electron chi connectivity index (χ3n) is 4.96. The maximum Gasteiger partial charge on any atom is 0.252 e. The molecule has 2 aromatic heterocycles. The zero-order valence-corrected chi connectivity index (χ0v) is 16.9. The number of benzene rings is 1.